The lowest BCUT2D eigenvalue weighted by molar-refractivity contribution is -0.0527. The van der Waals surface area contributed by atoms with Gasteiger partial charge in [-0.15, -0.1) is 0 Å². The van der Waals surface area contributed by atoms with Crippen molar-refractivity contribution in [3.05, 3.63) is 11.7 Å². The second-order valence-electron chi connectivity index (χ2n) is 6.21. The molecule has 2 saturated carbocycles. The summed E-state index contributed by atoms with van der Waals surface area (Å²) in [7, 11) is 3.78. The van der Waals surface area contributed by atoms with Gasteiger partial charge in [0.15, 0.2) is 0 Å². The highest BCUT2D eigenvalue weighted by Gasteiger charge is 2.39. The standard InChI is InChI=1S/C15H25N3O2/c1-16-12(11-6-7-11)10-13-17-14(18-20-13)15(19-2)8-4-3-5-9-15/h11-12,16H,3-10H2,1-2H3. The minimum absolute atomic E-state index is 0.311. The first-order valence-corrected chi connectivity index (χ1v) is 7.83. The van der Waals surface area contributed by atoms with E-state index in [0.29, 0.717) is 6.04 Å². The minimum atomic E-state index is -0.311. The molecule has 0 amide bonds. The van der Waals surface area contributed by atoms with Crippen molar-refractivity contribution in [3.8, 4) is 0 Å². The number of hydrogen-bond donors (Lipinski definition) is 1. The molecule has 0 radical (unpaired) electrons. The lowest BCUT2D eigenvalue weighted by Crippen LogP contribution is -2.32. The highest BCUT2D eigenvalue weighted by molar-refractivity contribution is 5.04. The van der Waals surface area contributed by atoms with Crippen LogP contribution in [0.25, 0.3) is 0 Å². The third-order valence-corrected chi connectivity index (χ3v) is 4.88. The van der Waals surface area contributed by atoms with Gasteiger partial charge in [-0.05, 0) is 38.6 Å². The number of methoxy groups -OCH3 is 1. The number of aromatic nitrogens is 2. The first kappa shape index (κ1) is 14.0. The Hall–Kier alpha value is -0.940. The molecule has 0 aliphatic heterocycles. The van der Waals surface area contributed by atoms with Crippen molar-refractivity contribution in [2.75, 3.05) is 14.2 Å². The molecule has 0 saturated heterocycles. The van der Waals surface area contributed by atoms with Crippen molar-refractivity contribution in [2.45, 2.75) is 63.0 Å². The van der Waals surface area contributed by atoms with Gasteiger partial charge in [-0.3, -0.25) is 0 Å². The molecule has 2 aliphatic rings. The van der Waals surface area contributed by atoms with Gasteiger partial charge in [0.25, 0.3) is 0 Å². The molecule has 1 N–H and O–H groups in total. The van der Waals surface area contributed by atoms with Crippen molar-refractivity contribution in [1.29, 1.82) is 0 Å². The topological polar surface area (TPSA) is 60.2 Å². The minimum Gasteiger partial charge on any atom is -0.370 e. The summed E-state index contributed by atoms with van der Waals surface area (Å²) in [5.74, 6) is 2.27. The van der Waals surface area contributed by atoms with E-state index in [9.17, 15) is 0 Å². The predicted octanol–water partition coefficient (Wildman–Crippen LogP) is 2.42. The van der Waals surface area contributed by atoms with Crippen molar-refractivity contribution in [3.63, 3.8) is 0 Å². The summed E-state index contributed by atoms with van der Waals surface area (Å²) in [6, 6.07) is 0.466. The van der Waals surface area contributed by atoms with E-state index < -0.39 is 0 Å². The smallest absolute Gasteiger partial charge is 0.228 e. The maximum Gasteiger partial charge on any atom is 0.228 e. The number of nitrogens with zero attached hydrogens (tertiary/aromatic N) is 2. The van der Waals surface area contributed by atoms with Crippen LogP contribution in [0.5, 0.6) is 0 Å². The molecule has 2 fully saturated rings. The lowest BCUT2D eigenvalue weighted by Gasteiger charge is -2.32. The van der Waals surface area contributed by atoms with Crippen molar-refractivity contribution in [2.24, 2.45) is 5.92 Å². The third kappa shape index (κ3) is 2.74. The van der Waals surface area contributed by atoms with Gasteiger partial charge in [-0.25, -0.2) is 0 Å². The fourth-order valence-electron chi connectivity index (χ4n) is 3.36. The Balaban J connectivity index is 1.71. The lowest BCUT2D eigenvalue weighted by atomic mass is 9.84. The van der Waals surface area contributed by atoms with Crippen LogP contribution in [0.3, 0.4) is 0 Å². The monoisotopic (exact) mass is 279 g/mol. The van der Waals surface area contributed by atoms with E-state index in [1.807, 2.05) is 7.05 Å². The highest BCUT2D eigenvalue weighted by atomic mass is 16.5. The SMILES string of the molecule is CNC(Cc1nc(C2(OC)CCCCC2)no1)C1CC1. The van der Waals surface area contributed by atoms with E-state index in [-0.39, 0.29) is 5.60 Å². The molecule has 2 aliphatic carbocycles. The van der Waals surface area contributed by atoms with Gasteiger partial charge >= 0.3 is 0 Å². The average Bonchev–Trinajstić information content (AvgIpc) is 3.24. The van der Waals surface area contributed by atoms with Crippen LogP contribution in [0, 0.1) is 5.92 Å². The molecule has 5 heteroatoms. The first-order valence-electron chi connectivity index (χ1n) is 7.83. The molecule has 20 heavy (non-hydrogen) atoms. The highest BCUT2D eigenvalue weighted by Crippen LogP contribution is 2.39. The molecular formula is C15H25N3O2. The molecule has 0 bridgehead atoms. The van der Waals surface area contributed by atoms with Crippen LogP contribution in [0.15, 0.2) is 4.52 Å². The fourth-order valence-corrected chi connectivity index (χ4v) is 3.36. The molecule has 1 unspecified atom stereocenters. The van der Waals surface area contributed by atoms with Crippen molar-refractivity contribution < 1.29 is 9.26 Å². The van der Waals surface area contributed by atoms with E-state index >= 15 is 0 Å². The molecule has 1 heterocycles. The van der Waals surface area contributed by atoms with Crippen LogP contribution < -0.4 is 5.32 Å². The number of ether oxygens (including phenoxy) is 1. The molecule has 112 valence electrons. The van der Waals surface area contributed by atoms with Crippen LogP contribution in [-0.2, 0) is 16.8 Å². The Morgan fingerprint density at radius 3 is 2.70 bits per heavy atom. The summed E-state index contributed by atoms with van der Waals surface area (Å²) in [5.41, 5.74) is -0.311. The second kappa shape index (κ2) is 5.82. The maximum absolute atomic E-state index is 5.77. The zero-order valence-electron chi connectivity index (χ0n) is 12.5. The molecule has 1 aromatic heterocycles. The summed E-state index contributed by atoms with van der Waals surface area (Å²) in [4.78, 5) is 4.63. The van der Waals surface area contributed by atoms with Crippen LogP contribution in [0.1, 0.15) is 56.7 Å². The number of rotatable bonds is 6. The zero-order chi connectivity index (χ0) is 14.0. The van der Waals surface area contributed by atoms with Gasteiger partial charge in [0, 0.05) is 19.6 Å². The van der Waals surface area contributed by atoms with E-state index in [0.717, 1.165) is 36.9 Å². The van der Waals surface area contributed by atoms with Crippen LogP contribution in [-0.4, -0.2) is 30.3 Å². The zero-order valence-corrected chi connectivity index (χ0v) is 12.5. The Labute approximate surface area is 120 Å². The van der Waals surface area contributed by atoms with E-state index in [2.05, 4.69) is 15.5 Å². The number of hydrogen-bond acceptors (Lipinski definition) is 5. The van der Waals surface area contributed by atoms with Crippen molar-refractivity contribution in [1.82, 2.24) is 15.5 Å². The van der Waals surface area contributed by atoms with E-state index in [1.165, 1.54) is 32.1 Å². The first-order chi connectivity index (χ1) is 9.77. The molecule has 1 atom stereocenters. The summed E-state index contributed by atoms with van der Waals surface area (Å²) in [6.07, 6.45) is 9.09. The van der Waals surface area contributed by atoms with Crippen LogP contribution in [0.2, 0.25) is 0 Å². The maximum atomic E-state index is 5.77. The summed E-state index contributed by atoms with van der Waals surface area (Å²) >= 11 is 0. The fraction of sp³-hybridized carbons (Fsp3) is 0.867. The molecule has 1 aromatic rings. The number of nitrogens with one attached hydrogen (secondary N) is 1. The summed E-state index contributed by atoms with van der Waals surface area (Å²) in [5, 5.41) is 7.58. The summed E-state index contributed by atoms with van der Waals surface area (Å²) < 4.78 is 11.2. The van der Waals surface area contributed by atoms with Crippen molar-refractivity contribution >= 4 is 0 Å². The summed E-state index contributed by atoms with van der Waals surface area (Å²) in [6.45, 7) is 0. The average molecular weight is 279 g/mol. The molecule has 3 rings (SSSR count). The van der Waals surface area contributed by atoms with Crippen LogP contribution in [0.4, 0.5) is 0 Å². The Morgan fingerprint density at radius 1 is 1.35 bits per heavy atom. The largest absolute Gasteiger partial charge is 0.370 e. The number of likely N-dealkylation sites (N-methyl/N-ethyl adjacent to an activating group) is 1. The Bertz CT molecular complexity index is 436. The molecule has 0 aromatic carbocycles. The van der Waals surface area contributed by atoms with Gasteiger partial charge in [0.05, 0.1) is 0 Å². The van der Waals surface area contributed by atoms with Gasteiger partial charge in [-0.2, -0.15) is 4.98 Å². The Morgan fingerprint density at radius 2 is 2.10 bits per heavy atom. The second-order valence-corrected chi connectivity index (χ2v) is 6.21. The molecule has 5 nitrogen and oxygen atoms in total. The van der Waals surface area contributed by atoms with Gasteiger partial charge in [0.2, 0.25) is 11.7 Å². The third-order valence-electron chi connectivity index (χ3n) is 4.88. The normalized spacial score (nSPS) is 23.7. The predicted molar refractivity (Wildman–Crippen MR) is 75.3 cm³/mol. The van der Waals surface area contributed by atoms with Gasteiger partial charge in [-0.1, -0.05) is 24.4 Å². The molecular weight excluding hydrogens is 254 g/mol. The molecule has 0 spiro atoms. The quantitative estimate of drug-likeness (QED) is 0.866. The van der Waals surface area contributed by atoms with Gasteiger partial charge in [0.1, 0.15) is 5.60 Å². The Kier molecular flexibility index (Phi) is 4.08. The van der Waals surface area contributed by atoms with Gasteiger partial charge < -0.3 is 14.6 Å². The van der Waals surface area contributed by atoms with E-state index in [1.54, 1.807) is 7.11 Å². The van der Waals surface area contributed by atoms with E-state index in [4.69, 9.17) is 9.26 Å². The van der Waals surface area contributed by atoms with Crippen LogP contribution >= 0.6 is 0 Å².